The molecule has 1 fully saturated rings. The van der Waals surface area contributed by atoms with Crippen molar-refractivity contribution >= 4 is 0 Å². The van der Waals surface area contributed by atoms with Crippen molar-refractivity contribution in [3.63, 3.8) is 0 Å². The van der Waals surface area contributed by atoms with Crippen molar-refractivity contribution in [2.75, 3.05) is 0 Å². The van der Waals surface area contributed by atoms with Gasteiger partial charge in [-0.05, 0) is 20.3 Å². The fourth-order valence-corrected chi connectivity index (χ4v) is 1.34. The molecule has 1 atom stereocenters. The first-order valence-corrected chi connectivity index (χ1v) is 5.30. The zero-order valence-electron chi connectivity index (χ0n) is 9.02. The van der Waals surface area contributed by atoms with Crippen molar-refractivity contribution in [1.82, 2.24) is 0 Å². The molecule has 1 aliphatic heterocycles. The Morgan fingerprint density at radius 2 is 1.92 bits per heavy atom. The van der Waals surface area contributed by atoms with E-state index in [1.165, 1.54) is 19.3 Å². The maximum Gasteiger partial charge on any atom is 0.0976 e. The van der Waals surface area contributed by atoms with E-state index in [4.69, 9.17) is 4.74 Å². The van der Waals surface area contributed by atoms with E-state index >= 15 is 0 Å². The lowest BCUT2D eigenvalue weighted by Gasteiger charge is -1.90. The van der Waals surface area contributed by atoms with Crippen LogP contribution < -0.4 is 0 Å². The van der Waals surface area contributed by atoms with Gasteiger partial charge in [0, 0.05) is 12.8 Å². The largest absolute Gasteiger partial charge is 0.366 e. The second-order valence-electron chi connectivity index (χ2n) is 4.22. The molecule has 0 spiro atoms. The highest BCUT2D eigenvalue weighted by molar-refractivity contribution is 5.07. The summed E-state index contributed by atoms with van der Waals surface area (Å²) >= 11 is 0. The molecule has 13 heavy (non-hydrogen) atoms. The molecule has 1 saturated heterocycles. The van der Waals surface area contributed by atoms with Gasteiger partial charge in [-0.15, -0.1) is 11.8 Å². The molecule has 0 aromatic heterocycles. The molecule has 1 rings (SSSR count). The highest BCUT2D eigenvalue weighted by atomic mass is 16.6. The number of hydrogen-bond donors (Lipinski definition) is 0. The summed E-state index contributed by atoms with van der Waals surface area (Å²) in [6, 6.07) is 0. The van der Waals surface area contributed by atoms with Gasteiger partial charge in [-0.1, -0.05) is 19.8 Å². The second-order valence-corrected chi connectivity index (χ2v) is 4.22. The molecule has 0 aromatic carbocycles. The Balaban J connectivity index is 1.99. The molecule has 1 heteroatoms. The van der Waals surface area contributed by atoms with Crippen LogP contribution in [-0.4, -0.2) is 11.7 Å². The van der Waals surface area contributed by atoms with Crippen LogP contribution in [0.25, 0.3) is 0 Å². The van der Waals surface area contributed by atoms with Crippen LogP contribution in [0.5, 0.6) is 0 Å². The lowest BCUT2D eigenvalue weighted by Crippen LogP contribution is -2.01. The van der Waals surface area contributed by atoms with Gasteiger partial charge < -0.3 is 4.74 Å². The molecule has 0 aromatic rings. The summed E-state index contributed by atoms with van der Waals surface area (Å²) in [5.41, 5.74) is 0.109. The van der Waals surface area contributed by atoms with Gasteiger partial charge in [0.25, 0.3) is 0 Å². The Labute approximate surface area is 81.9 Å². The number of rotatable bonds is 4. The van der Waals surface area contributed by atoms with Crippen LogP contribution in [0, 0.1) is 11.8 Å². The van der Waals surface area contributed by atoms with Gasteiger partial charge in [0.05, 0.1) is 11.7 Å². The van der Waals surface area contributed by atoms with E-state index in [9.17, 15) is 0 Å². The maximum atomic E-state index is 5.43. The van der Waals surface area contributed by atoms with E-state index in [0.717, 1.165) is 12.8 Å². The summed E-state index contributed by atoms with van der Waals surface area (Å²) < 4.78 is 5.43. The van der Waals surface area contributed by atoms with Crippen LogP contribution in [0.1, 0.15) is 52.9 Å². The zero-order valence-corrected chi connectivity index (χ0v) is 9.02. The van der Waals surface area contributed by atoms with E-state index in [-0.39, 0.29) is 5.60 Å². The van der Waals surface area contributed by atoms with Crippen LogP contribution in [-0.2, 0) is 4.74 Å². The molecule has 0 radical (unpaired) electrons. The lowest BCUT2D eigenvalue weighted by molar-refractivity contribution is 0.325. The van der Waals surface area contributed by atoms with Crippen LogP contribution in [0.2, 0.25) is 0 Å². The summed E-state index contributed by atoms with van der Waals surface area (Å²) in [7, 11) is 0. The molecule has 1 aliphatic rings. The van der Waals surface area contributed by atoms with Crippen molar-refractivity contribution in [3.8, 4) is 11.8 Å². The normalized spacial score (nSPS) is 23.5. The van der Waals surface area contributed by atoms with Gasteiger partial charge in [0.1, 0.15) is 0 Å². The predicted octanol–water partition coefficient (Wildman–Crippen LogP) is 3.14. The van der Waals surface area contributed by atoms with E-state index in [2.05, 4.69) is 32.6 Å². The standard InChI is InChI=1S/C12H20O/c1-4-5-6-7-8-9-10-11-12(2,3)13-11/h11H,4-7,10H2,1-3H3. The summed E-state index contributed by atoms with van der Waals surface area (Å²) in [6.07, 6.45) is 6.20. The van der Waals surface area contributed by atoms with Gasteiger partial charge in [-0.2, -0.15) is 0 Å². The van der Waals surface area contributed by atoms with Crippen molar-refractivity contribution in [2.24, 2.45) is 0 Å². The highest BCUT2D eigenvalue weighted by Gasteiger charge is 2.46. The second kappa shape index (κ2) is 4.67. The molecule has 0 saturated carbocycles. The quantitative estimate of drug-likeness (QED) is 0.368. The van der Waals surface area contributed by atoms with E-state index in [0.29, 0.717) is 6.10 Å². The average molecular weight is 180 g/mol. The van der Waals surface area contributed by atoms with Crippen molar-refractivity contribution in [3.05, 3.63) is 0 Å². The molecular weight excluding hydrogens is 160 g/mol. The van der Waals surface area contributed by atoms with Gasteiger partial charge >= 0.3 is 0 Å². The number of epoxide rings is 1. The summed E-state index contributed by atoms with van der Waals surface area (Å²) in [5.74, 6) is 6.39. The van der Waals surface area contributed by atoms with Crippen LogP contribution in [0.3, 0.4) is 0 Å². The zero-order chi connectivity index (χ0) is 9.73. The van der Waals surface area contributed by atoms with Crippen LogP contribution >= 0.6 is 0 Å². The predicted molar refractivity (Wildman–Crippen MR) is 55.5 cm³/mol. The summed E-state index contributed by atoms with van der Waals surface area (Å²) in [5, 5.41) is 0. The summed E-state index contributed by atoms with van der Waals surface area (Å²) in [4.78, 5) is 0. The van der Waals surface area contributed by atoms with Crippen molar-refractivity contribution in [1.29, 1.82) is 0 Å². The maximum absolute atomic E-state index is 5.43. The molecule has 0 N–H and O–H groups in total. The molecule has 1 nitrogen and oxygen atoms in total. The molecule has 0 bridgehead atoms. The minimum atomic E-state index is 0.109. The first-order chi connectivity index (χ1) is 6.17. The third-order valence-electron chi connectivity index (χ3n) is 2.48. The van der Waals surface area contributed by atoms with Crippen molar-refractivity contribution < 1.29 is 4.74 Å². The minimum Gasteiger partial charge on any atom is -0.366 e. The lowest BCUT2D eigenvalue weighted by atomic mass is 10.1. The first kappa shape index (κ1) is 10.6. The molecular formula is C12H20O. The van der Waals surface area contributed by atoms with Gasteiger partial charge in [-0.3, -0.25) is 0 Å². The number of unbranched alkanes of at least 4 members (excludes halogenated alkanes) is 3. The Morgan fingerprint density at radius 3 is 2.46 bits per heavy atom. The third-order valence-corrected chi connectivity index (χ3v) is 2.48. The smallest absolute Gasteiger partial charge is 0.0976 e. The minimum absolute atomic E-state index is 0.109. The molecule has 1 unspecified atom stereocenters. The first-order valence-electron chi connectivity index (χ1n) is 5.30. The monoisotopic (exact) mass is 180 g/mol. The van der Waals surface area contributed by atoms with Gasteiger partial charge in [-0.25, -0.2) is 0 Å². The van der Waals surface area contributed by atoms with Gasteiger partial charge in [0.15, 0.2) is 0 Å². The van der Waals surface area contributed by atoms with E-state index < -0.39 is 0 Å². The highest BCUT2D eigenvalue weighted by Crippen LogP contribution is 2.37. The van der Waals surface area contributed by atoms with Gasteiger partial charge in [0.2, 0.25) is 0 Å². The summed E-state index contributed by atoms with van der Waals surface area (Å²) in [6.45, 7) is 6.46. The Bertz CT molecular complexity index is 207. The topological polar surface area (TPSA) is 12.5 Å². The fourth-order valence-electron chi connectivity index (χ4n) is 1.34. The Kier molecular flexibility index (Phi) is 3.81. The average Bonchev–Trinajstić information content (AvgIpc) is 2.67. The van der Waals surface area contributed by atoms with E-state index in [1.807, 2.05) is 0 Å². The molecule has 0 aliphatic carbocycles. The van der Waals surface area contributed by atoms with Crippen molar-refractivity contribution in [2.45, 2.75) is 64.6 Å². The number of ether oxygens (including phenoxy) is 1. The number of hydrogen-bond acceptors (Lipinski definition) is 1. The molecule has 0 amide bonds. The fraction of sp³-hybridized carbons (Fsp3) is 0.833. The SMILES string of the molecule is CCCCCC#CCC1OC1(C)C. The van der Waals surface area contributed by atoms with E-state index in [1.54, 1.807) is 0 Å². The van der Waals surface area contributed by atoms with Crippen LogP contribution in [0.15, 0.2) is 0 Å². The Hall–Kier alpha value is -0.480. The Morgan fingerprint density at radius 1 is 1.23 bits per heavy atom. The molecule has 1 heterocycles. The van der Waals surface area contributed by atoms with Crippen LogP contribution in [0.4, 0.5) is 0 Å². The molecule has 74 valence electrons. The third kappa shape index (κ3) is 3.83.